The van der Waals surface area contributed by atoms with Crippen molar-refractivity contribution in [3.05, 3.63) is 75.8 Å². The maximum Gasteiger partial charge on any atom is 0.261 e. The molecular weight excluding hydrogens is 308 g/mol. The van der Waals surface area contributed by atoms with Crippen LogP contribution in [0.25, 0.3) is 10.9 Å². The van der Waals surface area contributed by atoms with E-state index in [1.807, 2.05) is 53.1 Å². The van der Waals surface area contributed by atoms with Gasteiger partial charge in [-0.25, -0.2) is 4.98 Å². The zero-order chi connectivity index (χ0) is 17.4. The second-order valence-electron chi connectivity index (χ2n) is 7.43. The number of hydrogen-bond donors (Lipinski definition) is 0. The van der Waals surface area contributed by atoms with Gasteiger partial charge in [0.05, 0.1) is 10.9 Å². The molecule has 1 aliphatic heterocycles. The molecule has 4 rings (SSSR count). The third kappa shape index (κ3) is 3.08. The maximum atomic E-state index is 12.8. The molecule has 0 saturated heterocycles. The van der Waals surface area contributed by atoms with Crippen molar-refractivity contribution in [2.24, 2.45) is 5.41 Å². The van der Waals surface area contributed by atoms with E-state index in [1.165, 1.54) is 0 Å². The largest absolute Gasteiger partial charge is 0.296 e. The summed E-state index contributed by atoms with van der Waals surface area (Å²) in [4.78, 5) is 17.6. The highest BCUT2D eigenvalue weighted by Crippen LogP contribution is 2.29. The first-order valence-electron chi connectivity index (χ1n) is 8.62. The Balaban J connectivity index is 1.78. The summed E-state index contributed by atoms with van der Waals surface area (Å²) in [6.45, 7) is 5.14. The van der Waals surface area contributed by atoms with Crippen LogP contribution >= 0.6 is 0 Å². The number of aromatic nitrogens is 2. The monoisotopic (exact) mass is 328 g/mol. The SMILES string of the molecule is CC1(C)CCc2nc3cc(C#Cc4ccccc4)ccc3c(=O)n2C1. The Kier molecular flexibility index (Phi) is 3.69. The van der Waals surface area contributed by atoms with Gasteiger partial charge in [-0.15, -0.1) is 0 Å². The zero-order valence-corrected chi connectivity index (χ0v) is 14.5. The molecule has 0 atom stereocenters. The van der Waals surface area contributed by atoms with E-state index in [1.54, 1.807) is 0 Å². The molecule has 1 aliphatic rings. The number of rotatable bonds is 0. The van der Waals surface area contributed by atoms with Gasteiger partial charge in [0.1, 0.15) is 5.82 Å². The quantitative estimate of drug-likeness (QED) is 0.589. The van der Waals surface area contributed by atoms with Crippen molar-refractivity contribution in [2.45, 2.75) is 33.2 Å². The Morgan fingerprint density at radius 2 is 1.80 bits per heavy atom. The van der Waals surface area contributed by atoms with Crippen molar-refractivity contribution in [2.75, 3.05) is 0 Å². The third-order valence-corrected chi connectivity index (χ3v) is 4.77. The second-order valence-corrected chi connectivity index (χ2v) is 7.43. The Morgan fingerprint density at radius 3 is 2.60 bits per heavy atom. The topological polar surface area (TPSA) is 34.9 Å². The Bertz CT molecular complexity index is 1070. The summed E-state index contributed by atoms with van der Waals surface area (Å²) in [6.07, 6.45) is 1.90. The molecule has 0 spiro atoms. The van der Waals surface area contributed by atoms with Gasteiger partial charge in [-0.3, -0.25) is 9.36 Å². The zero-order valence-electron chi connectivity index (χ0n) is 14.5. The number of nitrogens with zero attached hydrogens (tertiary/aromatic N) is 2. The van der Waals surface area contributed by atoms with Crippen molar-refractivity contribution in [3.63, 3.8) is 0 Å². The molecule has 124 valence electrons. The second kappa shape index (κ2) is 5.89. The van der Waals surface area contributed by atoms with E-state index >= 15 is 0 Å². The highest BCUT2D eigenvalue weighted by molar-refractivity contribution is 5.79. The fourth-order valence-corrected chi connectivity index (χ4v) is 3.32. The van der Waals surface area contributed by atoms with Crippen molar-refractivity contribution >= 4 is 10.9 Å². The van der Waals surface area contributed by atoms with Gasteiger partial charge < -0.3 is 0 Å². The van der Waals surface area contributed by atoms with Gasteiger partial charge >= 0.3 is 0 Å². The predicted octanol–water partition coefficient (Wildman–Crippen LogP) is 3.77. The van der Waals surface area contributed by atoms with Gasteiger partial charge in [-0.05, 0) is 42.2 Å². The average molecular weight is 328 g/mol. The van der Waals surface area contributed by atoms with Gasteiger partial charge in [-0.2, -0.15) is 0 Å². The molecule has 2 heterocycles. The number of aryl methyl sites for hydroxylation is 1. The van der Waals surface area contributed by atoms with Crippen LogP contribution in [0.15, 0.2) is 53.3 Å². The first-order chi connectivity index (χ1) is 12.0. The van der Waals surface area contributed by atoms with E-state index in [4.69, 9.17) is 4.98 Å². The van der Waals surface area contributed by atoms with E-state index < -0.39 is 0 Å². The smallest absolute Gasteiger partial charge is 0.261 e. The van der Waals surface area contributed by atoms with Gasteiger partial charge in [0.25, 0.3) is 5.56 Å². The number of hydrogen-bond acceptors (Lipinski definition) is 2. The Morgan fingerprint density at radius 1 is 1.04 bits per heavy atom. The fraction of sp³-hybridized carbons (Fsp3) is 0.273. The van der Waals surface area contributed by atoms with Crippen LogP contribution in [-0.4, -0.2) is 9.55 Å². The summed E-state index contributed by atoms with van der Waals surface area (Å²) in [5.74, 6) is 7.21. The normalized spacial score (nSPS) is 15.3. The molecule has 1 aromatic heterocycles. The van der Waals surface area contributed by atoms with Crippen molar-refractivity contribution in [3.8, 4) is 11.8 Å². The minimum Gasteiger partial charge on any atom is -0.296 e. The average Bonchev–Trinajstić information content (AvgIpc) is 2.61. The molecule has 25 heavy (non-hydrogen) atoms. The predicted molar refractivity (Wildman–Crippen MR) is 101 cm³/mol. The molecular formula is C22H20N2O. The summed E-state index contributed by atoms with van der Waals surface area (Å²) >= 11 is 0. The Hall–Kier alpha value is -2.86. The molecule has 3 aromatic rings. The summed E-state index contributed by atoms with van der Waals surface area (Å²) in [5, 5.41) is 0.673. The van der Waals surface area contributed by atoms with Crippen LogP contribution in [0.3, 0.4) is 0 Å². The lowest BCUT2D eigenvalue weighted by Crippen LogP contribution is -2.36. The van der Waals surface area contributed by atoms with E-state index in [2.05, 4.69) is 25.7 Å². The summed E-state index contributed by atoms with van der Waals surface area (Å²) in [7, 11) is 0. The van der Waals surface area contributed by atoms with E-state index in [0.29, 0.717) is 5.39 Å². The van der Waals surface area contributed by atoms with Crippen molar-refractivity contribution in [1.29, 1.82) is 0 Å². The fourth-order valence-electron chi connectivity index (χ4n) is 3.32. The van der Waals surface area contributed by atoms with Gasteiger partial charge in [0.15, 0.2) is 0 Å². The van der Waals surface area contributed by atoms with Gasteiger partial charge in [-0.1, -0.05) is 43.9 Å². The summed E-state index contributed by atoms with van der Waals surface area (Å²) < 4.78 is 1.85. The van der Waals surface area contributed by atoms with E-state index in [-0.39, 0.29) is 11.0 Å². The Labute approximate surface area is 147 Å². The minimum atomic E-state index is 0.0651. The van der Waals surface area contributed by atoms with Crippen LogP contribution in [0.1, 0.15) is 37.2 Å². The standard InChI is InChI=1S/C22H20N2O/c1-22(2)13-12-20-23-19-14-17(9-8-16-6-4-3-5-7-16)10-11-18(19)21(25)24(20)15-22/h3-7,10-11,14H,12-13,15H2,1-2H3. The first-order valence-corrected chi connectivity index (χ1v) is 8.62. The molecule has 0 aliphatic carbocycles. The molecule has 0 bridgehead atoms. The molecule has 0 saturated carbocycles. The summed E-state index contributed by atoms with van der Waals surface area (Å²) in [5.41, 5.74) is 2.81. The highest BCUT2D eigenvalue weighted by atomic mass is 16.1. The molecule has 2 aromatic carbocycles. The number of benzene rings is 2. The lowest BCUT2D eigenvalue weighted by molar-refractivity contribution is 0.240. The van der Waals surface area contributed by atoms with Crippen molar-refractivity contribution in [1.82, 2.24) is 9.55 Å². The first kappa shape index (κ1) is 15.7. The summed E-state index contributed by atoms with van der Waals surface area (Å²) in [6, 6.07) is 15.6. The maximum absolute atomic E-state index is 12.8. The van der Waals surface area contributed by atoms with Crippen LogP contribution in [-0.2, 0) is 13.0 Å². The molecule has 3 heteroatoms. The highest BCUT2D eigenvalue weighted by Gasteiger charge is 2.27. The van der Waals surface area contributed by atoms with E-state index in [0.717, 1.165) is 41.9 Å². The van der Waals surface area contributed by atoms with Gasteiger partial charge in [0.2, 0.25) is 0 Å². The molecule has 3 nitrogen and oxygen atoms in total. The van der Waals surface area contributed by atoms with Crippen LogP contribution < -0.4 is 5.56 Å². The number of fused-ring (bicyclic) bond motifs is 2. The van der Waals surface area contributed by atoms with Crippen LogP contribution in [0.2, 0.25) is 0 Å². The molecule has 0 radical (unpaired) electrons. The van der Waals surface area contributed by atoms with Crippen LogP contribution in [0.5, 0.6) is 0 Å². The molecule has 0 fully saturated rings. The van der Waals surface area contributed by atoms with E-state index in [9.17, 15) is 4.79 Å². The molecule has 0 amide bonds. The molecule has 0 N–H and O–H groups in total. The van der Waals surface area contributed by atoms with Crippen LogP contribution in [0.4, 0.5) is 0 Å². The lowest BCUT2D eigenvalue weighted by Gasteiger charge is -2.31. The molecule has 0 unspecified atom stereocenters. The minimum absolute atomic E-state index is 0.0651. The van der Waals surface area contributed by atoms with Crippen molar-refractivity contribution < 1.29 is 0 Å². The van der Waals surface area contributed by atoms with Gasteiger partial charge in [0, 0.05) is 24.1 Å². The van der Waals surface area contributed by atoms with Crippen LogP contribution in [0, 0.1) is 17.3 Å². The third-order valence-electron chi connectivity index (χ3n) is 4.77. The lowest BCUT2D eigenvalue weighted by atomic mass is 9.85.